The zero-order chi connectivity index (χ0) is 16.4. The van der Waals surface area contributed by atoms with Crippen molar-refractivity contribution in [3.8, 4) is 0 Å². The highest BCUT2D eigenvalue weighted by Gasteiger charge is 2.22. The number of aromatic nitrogens is 1. The number of benzene rings is 1. The van der Waals surface area contributed by atoms with Gasteiger partial charge < -0.3 is 10.6 Å². The molecule has 23 heavy (non-hydrogen) atoms. The molecule has 0 saturated carbocycles. The van der Waals surface area contributed by atoms with Crippen LogP contribution in [0.4, 0.5) is 0 Å². The highest BCUT2D eigenvalue weighted by atomic mass is 16.2. The van der Waals surface area contributed by atoms with Gasteiger partial charge in [-0.15, -0.1) is 0 Å². The summed E-state index contributed by atoms with van der Waals surface area (Å²) >= 11 is 0. The maximum absolute atomic E-state index is 12.8. The van der Waals surface area contributed by atoms with Crippen LogP contribution >= 0.6 is 0 Å². The number of carbonyl (C=O) groups excluding carboxylic acids is 2. The lowest BCUT2D eigenvalue weighted by Crippen LogP contribution is -2.37. The standard InChI is InChI=1S/C17H19N3O3/c18-15(21)11-20-14-7-3-2-6-12(14)13(10-16(20)22)17(23)19-8-4-1-5-9-19/h2-3,6-7,10H,1,4-5,8-9,11H2,(H2,18,21). The van der Waals surface area contributed by atoms with Gasteiger partial charge >= 0.3 is 0 Å². The van der Waals surface area contributed by atoms with E-state index < -0.39 is 5.91 Å². The van der Waals surface area contributed by atoms with E-state index in [9.17, 15) is 14.4 Å². The maximum atomic E-state index is 12.8. The minimum absolute atomic E-state index is 0.121. The first kappa shape index (κ1) is 15.3. The summed E-state index contributed by atoms with van der Waals surface area (Å²) in [6.07, 6.45) is 3.11. The van der Waals surface area contributed by atoms with E-state index in [-0.39, 0.29) is 18.0 Å². The normalized spacial score (nSPS) is 14.9. The second-order valence-electron chi connectivity index (χ2n) is 5.82. The predicted molar refractivity (Wildman–Crippen MR) is 87.2 cm³/mol. The van der Waals surface area contributed by atoms with E-state index in [1.165, 1.54) is 10.6 Å². The molecule has 1 aromatic carbocycles. The Kier molecular flexibility index (Phi) is 4.14. The van der Waals surface area contributed by atoms with Crippen LogP contribution in [0.25, 0.3) is 10.9 Å². The van der Waals surface area contributed by atoms with Crippen LogP contribution in [0.15, 0.2) is 35.1 Å². The minimum atomic E-state index is -0.590. The van der Waals surface area contributed by atoms with Gasteiger partial charge in [-0.25, -0.2) is 0 Å². The second-order valence-corrected chi connectivity index (χ2v) is 5.82. The van der Waals surface area contributed by atoms with Gasteiger partial charge in [-0.2, -0.15) is 0 Å². The number of rotatable bonds is 3. The van der Waals surface area contributed by atoms with E-state index in [1.54, 1.807) is 23.1 Å². The van der Waals surface area contributed by atoms with E-state index in [0.717, 1.165) is 32.4 Å². The molecule has 1 aliphatic rings. The van der Waals surface area contributed by atoms with E-state index in [1.807, 2.05) is 6.07 Å². The first-order chi connectivity index (χ1) is 11.1. The number of piperidine rings is 1. The van der Waals surface area contributed by atoms with Crippen molar-refractivity contribution in [3.63, 3.8) is 0 Å². The van der Waals surface area contributed by atoms with Crippen molar-refractivity contribution in [2.45, 2.75) is 25.8 Å². The number of pyridine rings is 1. The predicted octanol–water partition coefficient (Wildman–Crippen LogP) is 1.11. The molecule has 120 valence electrons. The molecule has 0 atom stereocenters. The van der Waals surface area contributed by atoms with Crippen molar-refractivity contribution >= 4 is 22.7 Å². The van der Waals surface area contributed by atoms with E-state index in [2.05, 4.69) is 0 Å². The highest BCUT2D eigenvalue weighted by molar-refractivity contribution is 6.06. The molecule has 2 N–H and O–H groups in total. The van der Waals surface area contributed by atoms with Crippen LogP contribution in [0.2, 0.25) is 0 Å². The third-order valence-electron chi connectivity index (χ3n) is 4.21. The summed E-state index contributed by atoms with van der Waals surface area (Å²) in [5.74, 6) is -0.711. The van der Waals surface area contributed by atoms with E-state index in [0.29, 0.717) is 16.5 Å². The molecule has 1 aromatic heterocycles. The molecule has 1 saturated heterocycles. The SMILES string of the molecule is NC(=O)Cn1c(=O)cc(C(=O)N2CCCCC2)c2ccccc21. The van der Waals surface area contributed by atoms with Gasteiger partial charge in [0.25, 0.3) is 11.5 Å². The molecule has 1 fully saturated rings. The average molecular weight is 313 g/mol. The van der Waals surface area contributed by atoms with Gasteiger partial charge in [-0.1, -0.05) is 18.2 Å². The van der Waals surface area contributed by atoms with Crippen LogP contribution in [0.5, 0.6) is 0 Å². The fourth-order valence-corrected chi connectivity index (χ4v) is 3.10. The van der Waals surface area contributed by atoms with Gasteiger partial charge in [0.05, 0.1) is 11.1 Å². The number of nitrogens with two attached hydrogens (primary N) is 1. The molecule has 2 heterocycles. The first-order valence-corrected chi connectivity index (χ1v) is 7.78. The second kappa shape index (κ2) is 6.24. The van der Waals surface area contributed by atoms with Crippen LogP contribution < -0.4 is 11.3 Å². The van der Waals surface area contributed by atoms with Crippen molar-refractivity contribution in [1.82, 2.24) is 9.47 Å². The average Bonchev–Trinajstić information content (AvgIpc) is 2.57. The third-order valence-corrected chi connectivity index (χ3v) is 4.21. The van der Waals surface area contributed by atoms with Crippen LogP contribution in [0.3, 0.4) is 0 Å². The Morgan fingerprint density at radius 3 is 2.48 bits per heavy atom. The zero-order valence-electron chi connectivity index (χ0n) is 12.8. The Balaban J connectivity index is 2.13. The molecule has 0 radical (unpaired) electrons. The van der Waals surface area contributed by atoms with Crippen LogP contribution in [0, 0.1) is 0 Å². The molecule has 6 heteroatoms. The van der Waals surface area contributed by atoms with Crippen LogP contribution in [-0.4, -0.2) is 34.4 Å². The Bertz CT molecular complexity index is 819. The quantitative estimate of drug-likeness (QED) is 0.921. The minimum Gasteiger partial charge on any atom is -0.368 e. The summed E-state index contributed by atoms with van der Waals surface area (Å²) in [6, 6.07) is 8.43. The van der Waals surface area contributed by atoms with Gasteiger partial charge in [0.1, 0.15) is 6.54 Å². The summed E-state index contributed by atoms with van der Waals surface area (Å²) < 4.78 is 1.31. The highest BCUT2D eigenvalue weighted by Crippen LogP contribution is 2.20. The molecule has 1 aliphatic heterocycles. The zero-order valence-corrected chi connectivity index (χ0v) is 12.8. The molecule has 6 nitrogen and oxygen atoms in total. The molecule has 2 aromatic rings. The molecule has 2 amide bonds. The fourth-order valence-electron chi connectivity index (χ4n) is 3.10. The number of para-hydroxylation sites is 1. The topological polar surface area (TPSA) is 85.4 Å². The Hall–Kier alpha value is -2.63. The summed E-state index contributed by atoms with van der Waals surface area (Å²) in [5.41, 5.74) is 5.79. The van der Waals surface area contributed by atoms with Crippen LogP contribution in [-0.2, 0) is 11.3 Å². The Labute approximate surface area is 133 Å². The van der Waals surface area contributed by atoms with Gasteiger partial charge in [-0.3, -0.25) is 19.0 Å². The van der Waals surface area contributed by atoms with Crippen LogP contribution in [0.1, 0.15) is 29.6 Å². The first-order valence-electron chi connectivity index (χ1n) is 7.78. The summed E-state index contributed by atoms with van der Waals surface area (Å²) in [4.78, 5) is 38.2. The Morgan fingerprint density at radius 2 is 1.78 bits per heavy atom. The molecular formula is C17H19N3O3. The number of primary amides is 1. The molecule has 0 bridgehead atoms. The smallest absolute Gasteiger partial charge is 0.254 e. The fraction of sp³-hybridized carbons (Fsp3) is 0.353. The number of carbonyl (C=O) groups is 2. The Morgan fingerprint density at radius 1 is 1.09 bits per heavy atom. The molecule has 0 unspecified atom stereocenters. The van der Waals surface area contributed by atoms with Gasteiger partial charge in [0, 0.05) is 24.5 Å². The van der Waals surface area contributed by atoms with Gasteiger partial charge in [-0.05, 0) is 25.3 Å². The number of amides is 2. The lowest BCUT2D eigenvalue weighted by atomic mass is 10.1. The largest absolute Gasteiger partial charge is 0.368 e. The molecule has 0 aliphatic carbocycles. The lowest BCUT2D eigenvalue weighted by molar-refractivity contribution is -0.118. The number of nitrogens with zero attached hydrogens (tertiary/aromatic N) is 2. The molecule has 0 spiro atoms. The number of likely N-dealkylation sites (tertiary alicyclic amines) is 1. The number of hydrogen-bond acceptors (Lipinski definition) is 3. The van der Waals surface area contributed by atoms with Crippen molar-refractivity contribution in [2.24, 2.45) is 5.73 Å². The number of fused-ring (bicyclic) bond motifs is 1. The maximum Gasteiger partial charge on any atom is 0.254 e. The molecule has 3 rings (SSSR count). The lowest BCUT2D eigenvalue weighted by Gasteiger charge is -2.27. The van der Waals surface area contributed by atoms with Gasteiger partial charge in [0.15, 0.2) is 0 Å². The van der Waals surface area contributed by atoms with Crippen molar-refractivity contribution in [1.29, 1.82) is 0 Å². The van der Waals surface area contributed by atoms with E-state index in [4.69, 9.17) is 5.73 Å². The van der Waals surface area contributed by atoms with Gasteiger partial charge in [0.2, 0.25) is 5.91 Å². The van der Waals surface area contributed by atoms with Crippen molar-refractivity contribution in [2.75, 3.05) is 13.1 Å². The molecular weight excluding hydrogens is 294 g/mol. The van der Waals surface area contributed by atoms with Crippen molar-refractivity contribution < 1.29 is 9.59 Å². The summed E-state index contributed by atoms with van der Waals surface area (Å²) in [7, 11) is 0. The van der Waals surface area contributed by atoms with Crippen molar-refractivity contribution in [3.05, 3.63) is 46.2 Å². The summed E-state index contributed by atoms with van der Waals surface area (Å²) in [5, 5.41) is 0.670. The number of hydrogen-bond donors (Lipinski definition) is 1. The summed E-state index contributed by atoms with van der Waals surface area (Å²) in [6.45, 7) is 1.24. The monoisotopic (exact) mass is 313 g/mol. The third kappa shape index (κ3) is 2.97. The van der Waals surface area contributed by atoms with E-state index >= 15 is 0 Å².